The van der Waals surface area contributed by atoms with Gasteiger partial charge in [-0.2, -0.15) is 0 Å². The average molecular weight is 236 g/mol. The number of hydrogen-bond donors (Lipinski definition) is 0. The lowest BCUT2D eigenvalue weighted by Gasteiger charge is -2.21. The lowest BCUT2D eigenvalue weighted by molar-refractivity contribution is 0.0761. The van der Waals surface area contributed by atoms with Crippen molar-refractivity contribution < 1.29 is 9.21 Å². The quantitative estimate of drug-likeness (QED) is 0.803. The molecule has 0 aliphatic carbocycles. The smallest absolute Gasteiger partial charge is 0.257 e. The van der Waals surface area contributed by atoms with E-state index in [1.807, 2.05) is 4.90 Å². The van der Waals surface area contributed by atoms with Gasteiger partial charge >= 0.3 is 0 Å². The number of furan rings is 1. The zero-order valence-electron chi connectivity index (χ0n) is 10.4. The van der Waals surface area contributed by atoms with Crippen molar-refractivity contribution >= 4 is 5.91 Å². The fourth-order valence-corrected chi connectivity index (χ4v) is 2.28. The zero-order chi connectivity index (χ0) is 12.1. The molecular weight excluding hydrogens is 216 g/mol. The second kappa shape index (κ2) is 5.87. The molecule has 0 unspecified atom stereocenters. The van der Waals surface area contributed by atoms with Crippen LogP contribution in [0.3, 0.4) is 0 Å². The van der Waals surface area contributed by atoms with Crippen molar-refractivity contribution in [2.45, 2.75) is 19.8 Å². The van der Waals surface area contributed by atoms with Crippen LogP contribution in [0.25, 0.3) is 0 Å². The SMILES string of the molecule is CCCN1CCCN(C(=O)c2ccoc2)CC1. The van der Waals surface area contributed by atoms with Gasteiger partial charge in [-0.25, -0.2) is 0 Å². The number of nitrogens with zero attached hydrogens (tertiary/aromatic N) is 2. The highest BCUT2D eigenvalue weighted by atomic mass is 16.3. The second-order valence-electron chi connectivity index (χ2n) is 4.50. The van der Waals surface area contributed by atoms with Crippen molar-refractivity contribution in [3.8, 4) is 0 Å². The third-order valence-electron chi connectivity index (χ3n) is 3.18. The van der Waals surface area contributed by atoms with Crippen molar-refractivity contribution in [1.82, 2.24) is 9.80 Å². The third kappa shape index (κ3) is 3.09. The molecule has 4 heteroatoms. The molecule has 0 N–H and O–H groups in total. The first kappa shape index (κ1) is 12.2. The van der Waals surface area contributed by atoms with Crippen molar-refractivity contribution in [2.75, 3.05) is 32.7 Å². The maximum atomic E-state index is 12.1. The van der Waals surface area contributed by atoms with Crippen molar-refractivity contribution in [1.29, 1.82) is 0 Å². The number of amides is 1. The van der Waals surface area contributed by atoms with Crippen LogP contribution in [-0.2, 0) is 0 Å². The van der Waals surface area contributed by atoms with E-state index in [-0.39, 0.29) is 5.91 Å². The number of hydrogen-bond acceptors (Lipinski definition) is 3. The minimum Gasteiger partial charge on any atom is -0.472 e. The average Bonchev–Trinajstić information content (AvgIpc) is 2.76. The summed E-state index contributed by atoms with van der Waals surface area (Å²) in [7, 11) is 0. The summed E-state index contributed by atoms with van der Waals surface area (Å²) in [5, 5.41) is 0. The van der Waals surface area contributed by atoms with Crippen molar-refractivity contribution in [3.63, 3.8) is 0 Å². The van der Waals surface area contributed by atoms with Gasteiger partial charge in [0.05, 0.1) is 11.8 Å². The maximum absolute atomic E-state index is 12.1. The summed E-state index contributed by atoms with van der Waals surface area (Å²) in [6.07, 6.45) is 5.31. The van der Waals surface area contributed by atoms with Gasteiger partial charge in [0.15, 0.2) is 0 Å². The van der Waals surface area contributed by atoms with E-state index in [9.17, 15) is 4.79 Å². The molecule has 1 aliphatic heterocycles. The number of carbonyl (C=O) groups excluding carboxylic acids is 1. The summed E-state index contributed by atoms with van der Waals surface area (Å²) in [6, 6.07) is 1.73. The summed E-state index contributed by atoms with van der Waals surface area (Å²) >= 11 is 0. The molecular formula is C13H20N2O2. The maximum Gasteiger partial charge on any atom is 0.257 e. The van der Waals surface area contributed by atoms with E-state index in [1.54, 1.807) is 12.3 Å². The first-order valence-corrected chi connectivity index (χ1v) is 6.35. The highest BCUT2D eigenvalue weighted by molar-refractivity contribution is 5.93. The monoisotopic (exact) mass is 236 g/mol. The van der Waals surface area contributed by atoms with Gasteiger partial charge in [0.1, 0.15) is 6.26 Å². The van der Waals surface area contributed by atoms with Crippen LogP contribution in [0.4, 0.5) is 0 Å². The molecule has 1 fully saturated rings. The van der Waals surface area contributed by atoms with Crippen molar-refractivity contribution in [2.24, 2.45) is 0 Å². The Morgan fingerprint density at radius 1 is 1.35 bits per heavy atom. The summed E-state index contributed by atoms with van der Waals surface area (Å²) in [5.41, 5.74) is 0.661. The van der Waals surface area contributed by atoms with Gasteiger partial charge in [-0.1, -0.05) is 6.92 Å². The Bertz CT molecular complexity index is 348. The summed E-state index contributed by atoms with van der Waals surface area (Å²) in [6.45, 7) is 7.09. The lowest BCUT2D eigenvalue weighted by atomic mass is 10.3. The van der Waals surface area contributed by atoms with E-state index < -0.39 is 0 Å². The molecule has 0 aromatic carbocycles. The van der Waals surface area contributed by atoms with Crippen LogP contribution in [0, 0.1) is 0 Å². The Morgan fingerprint density at radius 2 is 2.24 bits per heavy atom. The first-order chi connectivity index (χ1) is 8.31. The minimum absolute atomic E-state index is 0.0945. The van der Waals surface area contributed by atoms with Gasteiger partial charge in [-0.15, -0.1) is 0 Å². The topological polar surface area (TPSA) is 36.7 Å². The minimum atomic E-state index is 0.0945. The zero-order valence-corrected chi connectivity index (χ0v) is 10.4. The molecule has 2 rings (SSSR count). The molecule has 0 saturated carbocycles. The van der Waals surface area contributed by atoms with Gasteiger partial charge in [-0.05, 0) is 32.0 Å². The Labute approximate surface area is 102 Å². The fourth-order valence-electron chi connectivity index (χ4n) is 2.28. The van der Waals surface area contributed by atoms with Gasteiger partial charge in [0.25, 0.3) is 5.91 Å². The molecule has 0 spiro atoms. The molecule has 0 atom stereocenters. The van der Waals surface area contributed by atoms with Crippen LogP contribution in [0.2, 0.25) is 0 Å². The molecule has 0 bridgehead atoms. The highest BCUT2D eigenvalue weighted by Gasteiger charge is 2.20. The summed E-state index contributed by atoms with van der Waals surface area (Å²) in [5.74, 6) is 0.0945. The van der Waals surface area contributed by atoms with E-state index in [2.05, 4.69) is 11.8 Å². The van der Waals surface area contributed by atoms with Gasteiger partial charge in [-0.3, -0.25) is 4.79 Å². The highest BCUT2D eigenvalue weighted by Crippen LogP contribution is 2.09. The third-order valence-corrected chi connectivity index (χ3v) is 3.18. The predicted molar refractivity (Wildman–Crippen MR) is 66.0 cm³/mol. The number of rotatable bonds is 3. The van der Waals surface area contributed by atoms with Gasteiger partial charge < -0.3 is 14.2 Å². The second-order valence-corrected chi connectivity index (χ2v) is 4.50. The molecule has 1 amide bonds. The molecule has 94 valence electrons. The Morgan fingerprint density at radius 3 is 2.94 bits per heavy atom. The first-order valence-electron chi connectivity index (χ1n) is 6.35. The summed E-state index contributed by atoms with van der Waals surface area (Å²) < 4.78 is 4.96. The number of carbonyl (C=O) groups is 1. The Kier molecular flexibility index (Phi) is 4.20. The van der Waals surface area contributed by atoms with Crippen LogP contribution in [0.5, 0.6) is 0 Å². The Balaban J connectivity index is 1.92. The van der Waals surface area contributed by atoms with E-state index in [4.69, 9.17) is 4.42 Å². The van der Waals surface area contributed by atoms with E-state index >= 15 is 0 Å². The normalized spacial score (nSPS) is 18.1. The Hall–Kier alpha value is -1.29. The predicted octanol–water partition coefficient (Wildman–Crippen LogP) is 1.84. The van der Waals surface area contributed by atoms with Gasteiger partial charge in [0.2, 0.25) is 0 Å². The van der Waals surface area contributed by atoms with Crippen LogP contribution in [0.1, 0.15) is 30.1 Å². The van der Waals surface area contributed by atoms with E-state index in [0.29, 0.717) is 5.56 Å². The van der Waals surface area contributed by atoms with Crippen molar-refractivity contribution in [3.05, 3.63) is 24.2 Å². The molecule has 1 aromatic heterocycles. The molecule has 1 aromatic rings. The molecule has 2 heterocycles. The largest absolute Gasteiger partial charge is 0.472 e. The fraction of sp³-hybridized carbons (Fsp3) is 0.615. The summed E-state index contributed by atoms with van der Waals surface area (Å²) in [4.78, 5) is 16.5. The van der Waals surface area contributed by atoms with E-state index in [0.717, 1.165) is 39.1 Å². The van der Waals surface area contributed by atoms with Crippen LogP contribution in [0.15, 0.2) is 23.0 Å². The lowest BCUT2D eigenvalue weighted by Crippen LogP contribution is -2.35. The van der Waals surface area contributed by atoms with Crippen LogP contribution >= 0.6 is 0 Å². The molecule has 4 nitrogen and oxygen atoms in total. The molecule has 17 heavy (non-hydrogen) atoms. The molecule has 1 saturated heterocycles. The van der Waals surface area contributed by atoms with E-state index in [1.165, 1.54) is 12.7 Å². The van der Waals surface area contributed by atoms with Crippen LogP contribution in [-0.4, -0.2) is 48.4 Å². The standard InChI is InChI=1S/C13H20N2O2/c1-2-5-14-6-3-7-15(9-8-14)13(16)12-4-10-17-11-12/h4,10-11H,2-3,5-9H2,1H3. The van der Waals surface area contributed by atoms with Gasteiger partial charge in [0, 0.05) is 19.6 Å². The van der Waals surface area contributed by atoms with Crippen LogP contribution < -0.4 is 0 Å². The molecule has 0 radical (unpaired) electrons. The molecule has 1 aliphatic rings.